The Labute approximate surface area is 426 Å². The molecule has 1 fully saturated rings. The number of hydrogen-bond donors (Lipinski definition) is 2. The summed E-state index contributed by atoms with van der Waals surface area (Å²) in [7, 11) is 3.64. The maximum Gasteiger partial charge on any atom is 0.358 e. The van der Waals surface area contributed by atoms with Gasteiger partial charge in [0.15, 0.2) is 5.71 Å². The highest BCUT2D eigenvalue weighted by Crippen LogP contribution is 2.20. The molecular weight excluding hydrogens is 955 g/mol. The van der Waals surface area contributed by atoms with Crippen LogP contribution in [0.1, 0.15) is 82.3 Å². The lowest BCUT2D eigenvalue weighted by Gasteiger charge is -2.27. The zero-order chi connectivity index (χ0) is 52.8. The molecule has 23 heteroatoms. The molecule has 3 aromatic rings. The molecule has 4 rings (SSSR count). The fourth-order valence-corrected chi connectivity index (χ4v) is 7.44. The zero-order valence-corrected chi connectivity index (χ0v) is 44.2. The van der Waals surface area contributed by atoms with Crippen LogP contribution in [-0.2, 0) is 47.6 Å². The van der Waals surface area contributed by atoms with Gasteiger partial charge in [-0.15, -0.1) is 0 Å². The number of anilines is 3. The zero-order valence-electron chi connectivity index (χ0n) is 43.4. The standard InChI is InChI=1S/C18H35NO3.C16H14N2O4S.C15H30N6O6/c1-2-3-4-5-6-7-8-9-10-11-18(20)22-17-14-19-12-15-21-16-13-19;1-12-3-9-15(10-4-12)23(19,20)22-18-16(11-17)13-5-7-14(21-2)8-6-13;1-24-9-19(5-7-22)13-16-14(20(6-8-23)10-25-2)18-15(17-13)21(11-26-3)12-27-4/h2-17H2,1H3;3-10H,1-2H3;22-23H,5-12H2,1-4H3/b;18-16+;. The average Bonchev–Trinajstić information content (AvgIpc) is 3.39. The summed E-state index contributed by atoms with van der Waals surface area (Å²) in [5, 5.41) is 31.3. The fourth-order valence-electron chi connectivity index (χ4n) is 6.72. The van der Waals surface area contributed by atoms with E-state index in [1.165, 1.54) is 64.2 Å². The summed E-state index contributed by atoms with van der Waals surface area (Å²) in [4.78, 5) is 32.2. The maximum absolute atomic E-state index is 12.0. The van der Waals surface area contributed by atoms with Gasteiger partial charge in [-0.2, -0.15) is 28.6 Å². The molecule has 0 bridgehead atoms. The highest BCUT2D eigenvalue weighted by molar-refractivity contribution is 7.86. The quantitative estimate of drug-likeness (QED) is 0.0264. The number of unbranched alkanes of at least 4 members (excludes halogenated alkanes) is 8. The first-order valence-corrected chi connectivity index (χ1v) is 25.6. The van der Waals surface area contributed by atoms with Gasteiger partial charge in [-0.05, 0) is 49.7 Å². The molecule has 0 saturated carbocycles. The van der Waals surface area contributed by atoms with Crippen molar-refractivity contribution in [3.63, 3.8) is 0 Å². The largest absolute Gasteiger partial charge is 0.497 e. The predicted octanol–water partition coefficient (Wildman–Crippen LogP) is 5.11. The molecule has 404 valence electrons. The van der Waals surface area contributed by atoms with E-state index in [2.05, 4.69) is 36.2 Å². The van der Waals surface area contributed by atoms with Crippen LogP contribution >= 0.6 is 0 Å². The highest BCUT2D eigenvalue weighted by Gasteiger charge is 2.21. The smallest absolute Gasteiger partial charge is 0.358 e. The fraction of sp³-hybridized carbons (Fsp3) is 0.633. The number of esters is 1. The number of carbonyl (C=O) groups is 1. The summed E-state index contributed by atoms with van der Waals surface area (Å²) >= 11 is 0. The second kappa shape index (κ2) is 38.3. The Morgan fingerprint density at radius 2 is 1.22 bits per heavy atom. The minimum absolute atomic E-state index is 0.0288. The first-order chi connectivity index (χ1) is 34.9. The van der Waals surface area contributed by atoms with Gasteiger partial charge >= 0.3 is 16.1 Å². The number of morpholine rings is 1. The number of aromatic nitrogens is 3. The molecule has 1 aliphatic heterocycles. The maximum atomic E-state index is 12.0. The van der Waals surface area contributed by atoms with Crippen molar-refractivity contribution < 1.29 is 60.9 Å². The number of methoxy groups -OCH3 is 5. The van der Waals surface area contributed by atoms with E-state index >= 15 is 0 Å². The summed E-state index contributed by atoms with van der Waals surface area (Å²) in [5.74, 6) is 1.51. The summed E-state index contributed by atoms with van der Waals surface area (Å²) in [6, 6.07) is 14.4. The van der Waals surface area contributed by atoms with Crippen LogP contribution in [0.5, 0.6) is 5.75 Å². The van der Waals surface area contributed by atoms with E-state index in [4.69, 9.17) is 38.4 Å². The molecule has 22 nitrogen and oxygen atoms in total. The van der Waals surface area contributed by atoms with Crippen LogP contribution in [-0.4, -0.2) is 178 Å². The second-order valence-corrected chi connectivity index (χ2v) is 17.8. The SMILES string of the molecule is CCCCCCCCCCCC(=O)OCCN1CCOCC1.COCN(CCO)c1nc(N(CCO)COC)nc(N(COC)COC)n1.COc1ccc(/C(C#N)=N/OS(=O)(=O)c2ccc(C)cc2)cc1. The van der Waals surface area contributed by atoms with Gasteiger partial charge in [-0.1, -0.05) is 81.1 Å². The number of benzene rings is 2. The van der Waals surface area contributed by atoms with Crippen LogP contribution in [0.3, 0.4) is 0 Å². The summed E-state index contributed by atoms with van der Waals surface area (Å²) in [6.07, 6.45) is 12.1. The van der Waals surface area contributed by atoms with E-state index in [0.29, 0.717) is 42.2 Å². The number of nitriles is 1. The van der Waals surface area contributed by atoms with Crippen molar-refractivity contribution in [2.45, 2.75) is 83.0 Å². The van der Waals surface area contributed by atoms with Gasteiger partial charge < -0.3 is 53.2 Å². The van der Waals surface area contributed by atoms with Gasteiger partial charge in [0.25, 0.3) is 0 Å². The lowest BCUT2D eigenvalue weighted by atomic mass is 10.1. The van der Waals surface area contributed by atoms with Crippen molar-refractivity contribution in [1.82, 2.24) is 19.9 Å². The van der Waals surface area contributed by atoms with E-state index < -0.39 is 10.1 Å². The number of ether oxygens (including phenoxy) is 7. The van der Waals surface area contributed by atoms with Gasteiger partial charge in [0.05, 0.1) is 33.5 Å². The Morgan fingerprint density at radius 3 is 1.69 bits per heavy atom. The van der Waals surface area contributed by atoms with Crippen LogP contribution < -0.4 is 19.4 Å². The van der Waals surface area contributed by atoms with Gasteiger partial charge in [0.2, 0.25) is 17.8 Å². The number of rotatable bonds is 33. The van der Waals surface area contributed by atoms with Crippen LogP contribution in [0.4, 0.5) is 17.8 Å². The number of carbonyl (C=O) groups excluding carboxylic acids is 1. The Hall–Kier alpha value is -5.29. The topological polar surface area (TPSA) is 253 Å². The van der Waals surface area contributed by atoms with Gasteiger partial charge in [0, 0.05) is 73.1 Å². The van der Waals surface area contributed by atoms with Crippen LogP contribution in [0.25, 0.3) is 0 Å². The Balaban J connectivity index is 0.000000372. The van der Waals surface area contributed by atoms with Gasteiger partial charge in [-0.3, -0.25) is 18.9 Å². The lowest BCUT2D eigenvalue weighted by Crippen LogP contribution is -2.38. The molecule has 1 saturated heterocycles. The number of aryl methyl sites for hydroxylation is 1. The normalized spacial score (nSPS) is 12.6. The monoisotopic (exact) mass is 1030 g/mol. The van der Waals surface area contributed by atoms with Crippen molar-refractivity contribution in [2.24, 2.45) is 5.16 Å². The Bertz CT molecular complexity index is 1980. The summed E-state index contributed by atoms with van der Waals surface area (Å²) < 4.78 is 65.0. The van der Waals surface area contributed by atoms with E-state index in [0.717, 1.165) is 51.3 Å². The number of hydrogen-bond acceptors (Lipinski definition) is 22. The van der Waals surface area contributed by atoms with Crippen molar-refractivity contribution in [3.05, 3.63) is 59.7 Å². The molecule has 0 unspecified atom stereocenters. The molecule has 0 atom stereocenters. The third-order valence-corrected chi connectivity index (χ3v) is 11.7. The molecule has 0 radical (unpaired) electrons. The molecule has 72 heavy (non-hydrogen) atoms. The van der Waals surface area contributed by atoms with E-state index in [9.17, 15) is 23.4 Å². The molecular formula is C49H79N9O13S. The highest BCUT2D eigenvalue weighted by atomic mass is 32.2. The molecule has 1 aromatic heterocycles. The molecule has 2 aromatic carbocycles. The average molecular weight is 1030 g/mol. The van der Waals surface area contributed by atoms with E-state index in [-0.39, 0.29) is 69.8 Å². The molecule has 0 amide bonds. The minimum atomic E-state index is -4.07. The molecule has 0 spiro atoms. The first-order valence-electron chi connectivity index (χ1n) is 24.2. The Morgan fingerprint density at radius 1 is 0.736 bits per heavy atom. The molecule has 2 heterocycles. The second-order valence-electron chi connectivity index (χ2n) is 16.3. The Kier molecular flexibility index (Phi) is 33.5. The summed E-state index contributed by atoms with van der Waals surface area (Å²) in [5.41, 5.74) is 1.19. The third kappa shape index (κ3) is 25.4. The molecule has 0 aliphatic carbocycles. The van der Waals surface area contributed by atoms with E-state index in [1.54, 1.807) is 79.5 Å². The van der Waals surface area contributed by atoms with E-state index in [1.807, 2.05) is 13.0 Å². The van der Waals surface area contributed by atoms with Crippen molar-refractivity contribution >= 4 is 39.6 Å². The number of nitrogens with zero attached hydrogens (tertiary/aromatic N) is 9. The van der Waals surface area contributed by atoms with Crippen molar-refractivity contribution in [1.29, 1.82) is 5.26 Å². The van der Waals surface area contributed by atoms with Crippen LogP contribution in [0.2, 0.25) is 0 Å². The minimum Gasteiger partial charge on any atom is -0.497 e. The predicted molar refractivity (Wildman–Crippen MR) is 273 cm³/mol. The third-order valence-electron chi connectivity index (χ3n) is 10.6. The van der Waals surface area contributed by atoms with Gasteiger partial charge in [-0.25, -0.2) is 0 Å². The number of aliphatic hydroxyl groups excluding tert-OH is 2. The van der Waals surface area contributed by atoms with Crippen LogP contribution in [0, 0.1) is 18.3 Å². The number of aliphatic hydroxyl groups is 2. The van der Waals surface area contributed by atoms with Crippen molar-refractivity contribution in [3.8, 4) is 11.8 Å². The van der Waals surface area contributed by atoms with Gasteiger partial charge in [0.1, 0.15) is 50.2 Å². The first kappa shape index (κ1) is 62.8. The summed E-state index contributed by atoms with van der Waals surface area (Å²) in [6.45, 7) is 10.1. The van der Waals surface area contributed by atoms with Crippen molar-refractivity contribution in [2.75, 3.05) is 143 Å². The molecule has 1 aliphatic rings. The molecule has 2 N–H and O–H groups in total. The number of oxime groups is 1. The van der Waals surface area contributed by atoms with Crippen LogP contribution in [0.15, 0.2) is 58.6 Å². The lowest BCUT2D eigenvalue weighted by molar-refractivity contribution is -0.144.